The van der Waals surface area contributed by atoms with E-state index in [2.05, 4.69) is 15.5 Å². The fourth-order valence-corrected chi connectivity index (χ4v) is 4.38. The molecule has 0 saturated carbocycles. The Morgan fingerprint density at radius 3 is 2.75 bits per heavy atom. The molecule has 1 saturated heterocycles. The predicted octanol–water partition coefficient (Wildman–Crippen LogP) is 1.48. The summed E-state index contributed by atoms with van der Waals surface area (Å²) in [6.07, 6.45) is 0.765. The van der Waals surface area contributed by atoms with E-state index in [1.165, 1.54) is 0 Å². The fourth-order valence-electron chi connectivity index (χ4n) is 2.51. The molecule has 1 N–H and O–H groups in total. The van der Waals surface area contributed by atoms with E-state index < -0.39 is 15.8 Å². The van der Waals surface area contributed by atoms with E-state index in [0.717, 1.165) is 5.56 Å². The number of sulfone groups is 1. The Morgan fingerprint density at radius 1 is 1.33 bits per heavy atom. The van der Waals surface area contributed by atoms with Gasteiger partial charge in [0.1, 0.15) is 0 Å². The van der Waals surface area contributed by atoms with E-state index in [4.69, 9.17) is 16.1 Å². The minimum atomic E-state index is -3.06. The second-order valence-corrected chi connectivity index (χ2v) is 8.32. The standard InChI is InChI=1S/C15H16ClN3O4S/c16-12-3-1-10(2-4-12)14-18-13(23-19-14)5-7-17-15(20)11-6-8-24(21,22)9-11/h1-4,11H,5-9H2,(H,17,20)/t11-/m0/s1. The number of hydrogen-bond donors (Lipinski definition) is 1. The van der Waals surface area contributed by atoms with Crippen LogP contribution < -0.4 is 5.32 Å². The average molecular weight is 370 g/mol. The van der Waals surface area contributed by atoms with E-state index in [1.54, 1.807) is 24.3 Å². The lowest BCUT2D eigenvalue weighted by Gasteiger charge is -2.07. The van der Waals surface area contributed by atoms with Crippen LogP contribution in [-0.4, -0.2) is 42.5 Å². The van der Waals surface area contributed by atoms with E-state index in [-0.39, 0.29) is 17.4 Å². The van der Waals surface area contributed by atoms with Crippen molar-refractivity contribution in [3.8, 4) is 11.4 Å². The first-order chi connectivity index (χ1) is 11.4. The van der Waals surface area contributed by atoms with Gasteiger partial charge < -0.3 is 9.84 Å². The lowest BCUT2D eigenvalue weighted by atomic mass is 10.1. The summed E-state index contributed by atoms with van der Waals surface area (Å²) < 4.78 is 27.9. The maximum atomic E-state index is 11.9. The number of carbonyl (C=O) groups is 1. The highest BCUT2D eigenvalue weighted by Gasteiger charge is 2.32. The SMILES string of the molecule is O=C(NCCc1nc(-c2ccc(Cl)cc2)no1)[C@H]1CCS(=O)(=O)C1. The van der Waals surface area contributed by atoms with Gasteiger partial charge in [-0.25, -0.2) is 8.42 Å². The first-order valence-electron chi connectivity index (χ1n) is 7.49. The van der Waals surface area contributed by atoms with Crippen LogP contribution in [0.1, 0.15) is 12.3 Å². The Bertz CT molecular complexity index is 833. The molecule has 24 heavy (non-hydrogen) atoms. The molecule has 1 amide bonds. The molecule has 0 bridgehead atoms. The molecule has 0 radical (unpaired) electrons. The molecule has 1 fully saturated rings. The zero-order valence-corrected chi connectivity index (χ0v) is 14.3. The van der Waals surface area contributed by atoms with E-state index >= 15 is 0 Å². The number of halogens is 1. The van der Waals surface area contributed by atoms with Gasteiger partial charge >= 0.3 is 0 Å². The average Bonchev–Trinajstić information content (AvgIpc) is 3.14. The van der Waals surface area contributed by atoms with Crippen molar-refractivity contribution in [2.24, 2.45) is 5.92 Å². The zero-order valence-electron chi connectivity index (χ0n) is 12.7. The molecule has 1 aromatic carbocycles. The zero-order chi connectivity index (χ0) is 17.2. The summed E-state index contributed by atoms with van der Waals surface area (Å²) >= 11 is 5.83. The van der Waals surface area contributed by atoms with Crippen LogP contribution in [0.25, 0.3) is 11.4 Å². The van der Waals surface area contributed by atoms with Crippen LogP contribution in [0, 0.1) is 5.92 Å². The molecule has 7 nitrogen and oxygen atoms in total. The highest BCUT2D eigenvalue weighted by atomic mass is 35.5. The number of benzene rings is 1. The third-order valence-electron chi connectivity index (χ3n) is 3.81. The van der Waals surface area contributed by atoms with E-state index in [1.807, 2.05) is 0 Å². The lowest BCUT2D eigenvalue weighted by Crippen LogP contribution is -2.32. The minimum absolute atomic E-state index is 0.0693. The van der Waals surface area contributed by atoms with E-state index in [9.17, 15) is 13.2 Å². The topological polar surface area (TPSA) is 102 Å². The summed E-state index contributed by atoms with van der Waals surface area (Å²) in [7, 11) is -3.06. The van der Waals surface area contributed by atoms with Crippen molar-refractivity contribution in [3.63, 3.8) is 0 Å². The number of nitrogens with zero attached hydrogens (tertiary/aromatic N) is 2. The van der Waals surface area contributed by atoms with Gasteiger partial charge in [0.05, 0.1) is 17.4 Å². The molecule has 0 unspecified atom stereocenters. The molecular weight excluding hydrogens is 354 g/mol. The molecule has 0 spiro atoms. The van der Waals surface area contributed by atoms with Gasteiger partial charge in [0.2, 0.25) is 17.6 Å². The molecule has 1 aromatic heterocycles. The Hall–Kier alpha value is -1.93. The number of rotatable bonds is 5. The normalized spacial score (nSPS) is 19.3. The van der Waals surface area contributed by atoms with Crippen LogP contribution in [0.15, 0.2) is 28.8 Å². The third kappa shape index (κ3) is 4.12. The summed E-state index contributed by atoms with van der Waals surface area (Å²) in [5.74, 6) is 0.171. The first kappa shape index (κ1) is 16.9. The minimum Gasteiger partial charge on any atom is -0.355 e. The lowest BCUT2D eigenvalue weighted by molar-refractivity contribution is -0.124. The van der Waals surface area contributed by atoms with Crippen molar-refractivity contribution in [2.75, 3.05) is 18.1 Å². The van der Waals surface area contributed by atoms with Gasteiger partial charge in [0.25, 0.3) is 0 Å². The molecule has 9 heteroatoms. The van der Waals surface area contributed by atoms with Crippen molar-refractivity contribution in [1.29, 1.82) is 0 Å². The van der Waals surface area contributed by atoms with Gasteiger partial charge in [0.15, 0.2) is 9.84 Å². The number of amides is 1. The summed E-state index contributed by atoms with van der Waals surface area (Å²) in [5.41, 5.74) is 0.787. The van der Waals surface area contributed by atoms with Crippen LogP contribution in [0.5, 0.6) is 0 Å². The second kappa shape index (κ2) is 6.90. The van der Waals surface area contributed by atoms with Gasteiger partial charge in [-0.2, -0.15) is 4.98 Å². The summed E-state index contributed by atoms with van der Waals surface area (Å²) in [5, 5.41) is 7.23. The van der Waals surface area contributed by atoms with E-state index in [0.29, 0.717) is 36.1 Å². The van der Waals surface area contributed by atoms with Gasteiger partial charge in [-0.3, -0.25) is 4.79 Å². The number of nitrogens with one attached hydrogen (secondary N) is 1. The molecule has 128 valence electrons. The number of carbonyl (C=O) groups excluding carboxylic acids is 1. The van der Waals surface area contributed by atoms with Crippen molar-refractivity contribution in [2.45, 2.75) is 12.8 Å². The summed E-state index contributed by atoms with van der Waals surface area (Å²) in [6, 6.07) is 7.06. The Labute approximate surface area is 144 Å². The maximum Gasteiger partial charge on any atom is 0.228 e. The van der Waals surface area contributed by atoms with Gasteiger partial charge in [-0.15, -0.1) is 0 Å². The molecule has 2 heterocycles. The van der Waals surface area contributed by atoms with Crippen LogP contribution in [-0.2, 0) is 21.1 Å². The van der Waals surface area contributed by atoms with Crippen LogP contribution in [0.3, 0.4) is 0 Å². The monoisotopic (exact) mass is 369 g/mol. The van der Waals surface area contributed by atoms with Crippen molar-refractivity contribution in [1.82, 2.24) is 15.5 Å². The smallest absolute Gasteiger partial charge is 0.228 e. The maximum absolute atomic E-state index is 11.9. The van der Waals surface area contributed by atoms with Crippen LogP contribution in [0.2, 0.25) is 5.02 Å². The number of hydrogen-bond acceptors (Lipinski definition) is 6. The Morgan fingerprint density at radius 2 is 2.08 bits per heavy atom. The molecule has 1 atom stereocenters. The molecular formula is C15H16ClN3O4S. The molecule has 2 aromatic rings. The highest BCUT2D eigenvalue weighted by Crippen LogP contribution is 2.19. The summed E-state index contributed by atoms with van der Waals surface area (Å²) in [6.45, 7) is 0.317. The van der Waals surface area contributed by atoms with Gasteiger partial charge in [-0.1, -0.05) is 16.8 Å². The Balaban J connectivity index is 1.51. The number of aromatic nitrogens is 2. The first-order valence-corrected chi connectivity index (χ1v) is 9.69. The fraction of sp³-hybridized carbons (Fsp3) is 0.400. The van der Waals surface area contributed by atoms with Crippen LogP contribution >= 0.6 is 11.6 Å². The van der Waals surface area contributed by atoms with Crippen molar-refractivity contribution in [3.05, 3.63) is 35.2 Å². The highest BCUT2D eigenvalue weighted by molar-refractivity contribution is 7.91. The van der Waals surface area contributed by atoms with Crippen LogP contribution in [0.4, 0.5) is 0 Å². The van der Waals surface area contributed by atoms with Gasteiger partial charge in [0, 0.05) is 23.6 Å². The van der Waals surface area contributed by atoms with Crippen molar-refractivity contribution < 1.29 is 17.7 Å². The molecule has 3 rings (SSSR count). The predicted molar refractivity (Wildman–Crippen MR) is 88.2 cm³/mol. The third-order valence-corrected chi connectivity index (χ3v) is 5.83. The molecule has 0 aliphatic carbocycles. The molecule has 1 aliphatic rings. The second-order valence-electron chi connectivity index (χ2n) is 5.66. The molecule has 1 aliphatic heterocycles. The Kier molecular flexibility index (Phi) is 4.86. The largest absolute Gasteiger partial charge is 0.355 e. The summed E-state index contributed by atoms with van der Waals surface area (Å²) in [4.78, 5) is 16.2. The van der Waals surface area contributed by atoms with Crippen molar-refractivity contribution >= 4 is 27.3 Å². The van der Waals surface area contributed by atoms with Gasteiger partial charge in [-0.05, 0) is 30.7 Å². The quantitative estimate of drug-likeness (QED) is 0.856.